The van der Waals surface area contributed by atoms with Crippen LogP contribution in [0.1, 0.15) is 43.4 Å². The van der Waals surface area contributed by atoms with Gasteiger partial charge < -0.3 is 19.5 Å². The molecule has 1 aromatic heterocycles. The average molecular weight is 372 g/mol. The molecular weight excluding hydrogens is 344 g/mol. The first kappa shape index (κ1) is 19.2. The first-order valence-corrected chi connectivity index (χ1v) is 9.42. The number of aryl methyl sites for hydroxylation is 1. The molecule has 0 atom stereocenters. The molecule has 7 nitrogen and oxygen atoms in total. The Morgan fingerprint density at radius 3 is 2.59 bits per heavy atom. The quantitative estimate of drug-likeness (QED) is 0.879. The van der Waals surface area contributed by atoms with Crippen LogP contribution >= 0.6 is 0 Å². The fraction of sp³-hybridized carbons (Fsp3) is 0.550. The van der Waals surface area contributed by atoms with Gasteiger partial charge in [0.15, 0.2) is 11.5 Å². The largest absolute Gasteiger partial charge is 0.441 e. The molecule has 1 fully saturated rings. The highest BCUT2D eigenvalue weighted by Gasteiger charge is 2.24. The Bertz CT molecular complexity index is 837. The van der Waals surface area contributed by atoms with Crippen molar-refractivity contribution >= 4 is 23.0 Å². The van der Waals surface area contributed by atoms with Crippen LogP contribution < -0.4 is 5.32 Å². The van der Waals surface area contributed by atoms with Gasteiger partial charge in [0.2, 0.25) is 0 Å². The van der Waals surface area contributed by atoms with E-state index >= 15 is 0 Å². The summed E-state index contributed by atoms with van der Waals surface area (Å²) in [7, 11) is 0. The number of hydrogen-bond donors (Lipinski definition) is 1. The minimum Gasteiger partial charge on any atom is -0.441 e. The van der Waals surface area contributed by atoms with Gasteiger partial charge in [0, 0.05) is 45.2 Å². The van der Waals surface area contributed by atoms with Crippen molar-refractivity contribution in [1.29, 1.82) is 0 Å². The molecule has 146 valence electrons. The summed E-state index contributed by atoms with van der Waals surface area (Å²) in [4.78, 5) is 33.2. The Hall–Kier alpha value is -2.57. The standard InChI is InChI=1S/C20H28N4O3/c1-14-22-16-12-15(6-7-17(16)27-14)18(25)23-8-5-9-24(11-10-23)19(26)21-13-20(2,3)4/h6-7,12H,5,8-11,13H2,1-4H3,(H,21,26). The van der Waals surface area contributed by atoms with Crippen molar-refractivity contribution in [3.63, 3.8) is 0 Å². The van der Waals surface area contributed by atoms with Crippen molar-refractivity contribution in [2.24, 2.45) is 5.41 Å². The third-order valence-corrected chi connectivity index (χ3v) is 4.58. The van der Waals surface area contributed by atoms with E-state index in [2.05, 4.69) is 31.1 Å². The maximum atomic E-state index is 12.9. The van der Waals surface area contributed by atoms with Crippen LogP contribution in [0.5, 0.6) is 0 Å². The summed E-state index contributed by atoms with van der Waals surface area (Å²) in [6.45, 7) is 11.0. The van der Waals surface area contributed by atoms with Crippen LogP contribution in [-0.2, 0) is 0 Å². The molecule has 1 aliphatic rings. The number of urea groups is 1. The van der Waals surface area contributed by atoms with Crippen LogP contribution in [0.3, 0.4) is 0 Å². The maximum absolute atomic E-state index is 12.9. The summed E-state index contributed by atoms with van der Waals surface area (Å²) in [5.74, 6) is 0.552. The SMILES string of the molecule is Cc1nc2cc(C(=O)N3CCCN(C(=O)NCC(C)(C)C)CC3)ccc2o1. The molecule has 0 spiro atoms. The molecule has 1 aromatic carbocycles. The van der Waals surface area contributed by atoms with Gasteiger partial charge in [-0.2, -0.15) is 0 Å². The van der Waals surface area contributed by atoms with Crippen molar-refractivity contribution in [2.75, 3.05) is 32.7 Å². The van der Waals surface area contributed by atoms with Gasteiger partial charge in [-0.25, -0.2) is 9.78 Å². The molecule has 0 unspecified atom stereocenters. The zero-order chi connectivity index (χ0) is 19.6. The van der Waals surface area contributed by atoms with Gasteiger partial charge >= 0.3 is 6.03 Å². The van der Waals surface area contributed by atoms with E-state index in [-0.39, 0.29) is 17.4 Å². The molecule has 2 heterocycles. The lowest BCUT2D eigenvalue weighted by Gasteiger charge is -2.25. The number of rotatable bonds is 2. The maximum Gasteiger partial charge on any atom is 0.317 e. The molecule has 0 saturated carbocycles. The smallest absolute Gasteiger partial charge is 0.317 e. The monoisotopic (exact) mass is 372 g/mol. The Kier molecular flexibility index (Phi) is 5.39. The van der Waals surface area contributed by atoms with Crippen molar-refractivity contribution in [3.8, 4) is 0 Å². The summed E-state index contributed by atoms with van der Waals surface area (Å²) >= 11 is 0. The van der Waals surface area contributed by atoms with Crippen LogP contribution in [0.25, 0.3) is 11.1 Å². The van der Waals surface area contributed by atoms with Gasteiger partial charge in [0.05, 0.1) is 0 Å². The van der Waals surface area contributed by atoms with E-state index in [4.69, 9.17) is 4.42 Å². The predicted molar refractivity (Wildman–Crippen MR) is 104 cm³/mol. The summed E-state index contributed by atoms with van der Waals surface area (Å²) in [6.07, 6.45) is 0.764. The highest BCUT2D eigenvalue weighted by Crippen LogP contribution is 2.18. The second kappa shape index (κ2) is 7.58. The summed E-state index contributed by atoms with van der Waals surface area (Å²) < 4.78 is 5.47. The van der Waals surface area contributed by atoms with E-state index in [0.717, 1.165) is 6.42 Å². The van der Waals surface area contributed by atoms with Crippen LogP contribution in [0.2, 0.25) is 0 Å². The Morgan fingerprint density at radius 2 is 1.85 bits per heavy atom. The molecule has 1 aliphatic heterocycles. The number of aromatic nitrogens is 1. The zero-order valence-corrected chi connectivity index (χ0v) is 16.5. The van der Waals surface area contributed by atoms with Gasteiger partial charge in [0.25, 0.3) is 5.91 Å². The van der Waals surface area contributed by atoms with Crippen molar-refractivity contribution < 1.29 is 14.0 Å². The van der Waals surface area contributed by atoms with E-state index in [1.807, 2.05) is 4.90 Å². The summed E-state index contributed by atoms with van der Waals surface area (Å²) in [6, 6.07) is 5.27. The number of carbonyl (C=O) groups excluding carboxylic acids is 2. The molecule has 1 N–H and O–H groups in total. The number of hydrogen-bond acceptors (Lipinski definition) is 4. The highest BCUT2D eigenvalue weighted by molar-refractivity contribution is 5.97. The summed E-state index contributed by atoms with van der Waals surface area (Å²) in [5, 5.41) is 2.98. The first-order chi connectivity index (χ1) is 12.7. The van der Waals surface area contributed by atoms with Crippen molar-refractivity contribution in [3.05, 3.63) is 29.7 Å². The molecular formula is C20H28N4O3. The van der Waals surface area contributed by atoms with Crippen LogP contribution in [0, 0.1) is 12.3 Å². The number of carbonyl (C=O) groups is 2. The second-order valence-corrected chi connectivity index (χ2v) is 8.27. The highest BCUT2D eigenvalue weighted by atomic mass is 16.3. The van der Waals surface area contributed by atoms with E-state index in [1.54, 1.807) is 30.0 Å². The van der Waals surface area contributed by atoms with Crippen LogP contribution in [0.15, 0.2) is 22.6 Å². The van der Waals surface area contributed by atoms with Crippen LogP contribution in [-0.4, -0.2) is 59.4 Å². The molecule has 3 amide bonds. The summed E-state index contributed by atoms with van der Waals surface area (Å²) in [5.41, 5.74) is 2.01. The Morgan fingerprint density at radius 1 is 1.15 bits per heavy atom. The van der Waals surface area contributed by atoms with E-state index in [0.29, 0.717) is 55.3 Å². The molecule has 0 radical (unpaired) electrons. The lowest BCUT2D eigenvalue weighted by atomic mass is 9.97. The third-order valence-electron chi connectivity index (χ3n) is 4.58. The van der Waals surface area contributed by atoms with Crippen molar-refractivity contribution in [1.82, 2.24) is 20.1 Å². The van der Waals surface area contributed by atoms with E-state index in [1.165, 1.54) is 0 Å². The van der Waals surface area contributed by atoms with Gasteiger partial charge in [-0.05, 0) is 30.0 Å². The predicted octanol–water partition coefficient (Wildman–Crippen LogP) is 3.04. The number of oxazole rings is 1. The minimum atomic E-state index is -0.0567. The third kappa shape index (κ3) is 4.78. The topological polar surface area (TPSA) is 78.7 Å². The van der Waals surface area contributed by atoms with Crippen LogP contribution in [0.4, 0.5) is 4.79 Å². The number of fused-ring (bicyclic) bond motifs is 1. The lowest BCUT2D eigenvalue weighted by Crippen LogP contribution is -2.44. The molecule has 3 rings (SSSR count). The van der Waals surface area contributed by atoms with Gasteiger partial charge in [-0.1, -0.05) is 20.8 Å². The number of nitrogens with zero attached hydrogens (tertiary/aromatic N) is 3. The van der Waals surface area contributed by atoms with Crippen molar-refractivity contribution in [2.45, 2.75) is 34.1 Å². The minimum absolute atomic E-state index is 0.0329. The average Bonchev–Trinajstić information content (AvgIpc) is 2.81. The number of nitrogens with one attached hydrogen (secondary N) is 1. The molecule has 2 aromatic rings. The van der Waals surface area contributed by atoms with Gasteiger partial charge in [-0.3, -0.25) is 4.79 Å². The fourth-order valence-corrected chi connectivity index (χ4v) is 3.13. The normalized spacial score (nSPS) is 15.7. The molecule has 7 heteroatoms. The van der Waals surface area contributed by atoms with E-state index in [9.17, 15) is 9.59 Å². The molecule has 1 saturated heterocycles. The van der Waals surface area contributed by atoms with E-state index < -0.39 is 0 Å². The number of benzene rings is 1. The Labute approximate surface area is 159 Å². The fourth-order valence-electron chi connectivity index (χ4n) is 3.13. The molecule has 0 bridgehead atoms. The first-order valence-electron chi connectivity index (χ1n) is 9.42. The second-order valence-electron chi connectivity index (χ2n) is 8.27. The molecule has 0 aliphatic carbocycles. The lowest BCUT2D eigenvalue weighted by molar-refractivity contribution is 0.0762. The van der Waals surface area contributed by atoms with Gasteiger partial charge in [0.1, 0.15) is 5.52 Å². The zero-order valence-electron chi connectivity index (χ0n) is 16.5. The number of amides is 3. The Balaban J connectivity index is 1.62. The molecule has 27 heavy (non-hydrogen) atoms. The van der Waals surface area contributed by atoms with Gasteiger partial charge in [-0.15, -0.1) is 0 Å².